The Bertz CT molecular complexity index is 237. The van der Waals surface area contributed by atoms with E-state index in [0.29, 0.717) is 6.61 Å². The molecule has 2 rings (SSSR count). The van der Waals surface area contributed by atoms with Crippen molar-refractivity contribution in [3.63, 3.8) is 0 Å². The Hall–Kier alpha value is -1.02. The lowest BCUT2D eigenvalue weighted by atomic mass is 10.2. The molecule has 0 fully saturated rings. The highest BCUT2D eigenvalue weighted by Gasteiger charge is 2.00. The molecule has 1 aromatic carbocycles. The standard InChI is InChI=1S/C7H7N.C5H12O/c1-2-6-4-7(3-1)8-5-6;1-2-3-4-5-6/h1-4,8H,5H2;6H,2-5H2,1H3. The molecule has 2 heteroatoms. The third-order valence-electron chi connectivity index (χ3n) is 2.19. The van der Waals surface area contributed by atoms with Crippen molar-refractivity contribution in [2.24, 2.45) is 0 Å². The Morgan fingerprint density at radius 2 is 2.21 bits per heavy atom. The van der Waals surface area contributed by atoms with Gasteiger partial charge in [-0.25, -0.2) is 0 Å². The normalized spacial score (nSPS) is 11.6. The maximum absolute atomic E-state index is 8.20. The number of rotatable bonds is 3. The second-order valence-electron chi connectivity index (χ2n) is 3.48. The summed E-state index contributed by atoms with van der Waals surface area (Å²) in [6.45, 7) is 3.49. The average Bonchev–Trinajstić information content (AvgIpc) is 2.56. The van der Waals surface area contributed by atoms with E-state index < -0.39 is 0 Å². The van der Waals surface area contributed by atoms with Crippen LogP contribution in [-0.4, -0.2) is 11.7 Å². The minimum Gasteiger partial charge on any atom is -0.396 e. The van der Waals surface area contributed by atoms with E-state index in [2.05, 4.69) is 36.5 Å². The Balaban J connectivity index is 0.000000149. The lowest BCUT2D eigenvalue weighted by Gasteiger charge is -1.87. The van der Waals surface area contributed by atoms with Crippen LogP contribution in [0.5, 0.6) is 0 Å². The molecule has 1 aliphatic heterocycles. The molecule has 2 nitrogen and oxygen atoms in total. The first-order chi connectivity index (χ1) is 6.86. The highest BCUT2D eigenvalue weighted by Crippen LogP contribution is 2.17. The predicted molar refractivity (Wildman–Crippen MR) is 60.4 cm³/mol. The van der Waals surface area contributed by atoms with Gasteiger partial charge in [0.25, 0.3) is 0 Å². The SMILES string of the molecule is CCCCCO.c1cc2cc(c1)NC2. The molecular formula is C12H19NO. The van der Waals surface area contributed by atoms with Gasteiger partial charge in [0, 0.05) is 18.8 Å². The van der Waals surface area contributed by atoms with Crippen molar-refractivity contribution in [2.75, 3.05) is 11.9 Å². The number of unbranched alkanes of at least 4 members (excludes halogenated alkanes) is 2. The minimum atomic E-state index is 0.355. The number of hydrogen-bond acceptors (Lipinski definition) is 2. The van der Waals surface area contributed by atoms with Crippen LogP contribution in [0.15, 0.2) is 24.3 Å². The van der Waals surface area contributed by atoms with Crippen LogP contribution in [0.2, 0.25) is 0 Å². The highest BCUT2D eigenvalue weighted by atomic mass is 16.2. The van der Waals surface area contributed by atoms with E-state index in [0.717, 1.165) is 19.4 Å². The molecule has 2 bridgehead atoms. The van der Waals surface area contributed by atoms with Gasteiger partial charge in [0.1, 0.15) is 0 Å². The smallest absolute Gasteiger partial charge is 0.0431 e. The number of fused-ring (bicyclic) bond motifs is 2. The average molecular weight is 193 g/mol. The van der Waals surface area contributed by atoms with Crippen molar-refractivity contribution in [1.29, 1.82) is 0 Å². The van der Waals surface area contributed by atoms with E-state index in [-0.39, 0.29) is 0 Å². The van der Waals surface area contributed by atoms with Crippen LogP contribution >= 0.6 is 0 Å². The molecular weight excluding hydrogens is 174 g/mol. The molecule has 14 heavy (non-hydrogen) atoms. The van der Waals surface area contributed by atoms with E-state index in [1.807, 2.05) is 0 Å². The van der Waals surface area contributed by atoms with Crippen molar-refractivity contribution in [2.45, 2.75) is 32.7 Å². The van der Waals surface area contributed by atoms with E-state index in [4.69, 9.17) is 5.11 Å². The van der Waals surface area contributed by atoms with Crippen LogP contribution in [0.1, 0.15) is 31.7 Å². The summed E-state index contributed by atoms with van der Waals surface area (Å²) in [5.41, 5.74) is 2.64. The molecule has 0 saturated carbocycles. The van der Waals surface area contributed by atoms with Gasteiger partial charge in [-0.1, -0.05) is 31.9 Å². The molecule has 0 aromatic heterocycles. The van der Waals surface area contributed by atoms with Gasteiger partial charge in [0.15, 0.2) is 0 Å². The van der Waals surface area contributed by atoms with Gasteiger partial charge in [0.2, 0.25) is 0 Å². The number of aliphatic hydroxyl groups excluding tert-OH is 1. The zero-order valence-corrected chi connectivity index (χ0v) is 8.79. The van der Waals surface area contributed by atoms with Gasteiger partial charge in [-0.2, -0.15) is 0 Å². The molecule has 0 saturated heterocycles. The van der Waals surface area contributed by atoms with E-state index in [9.17, 15) is 0 Å². The van der Waals surface area contributed by atoms with E-state index >= 15 is 0 Å². The topological polar surface area (TPSA) is 32.3 Å². The van der Waals surface area contributed by atoms with Gasteiger partial charge >= 0.3 is 0 Å². The van der Waals surface area contributed by atoms with E-state index in [1.165, 1.54) is 17.7 Å². The fourth-order valence-corrected chi connectivity index (χ4v) is 1.36. The predicted octanol–water partition coefficient (Wildman–Crippen LogP) is 2.78. The molecule has 1 aliphatic rings. The summed E-state index contributed by atoms with van der Waals surface area (Å²) in [6.07, 6.45) is 3.33. The molecule has 0 amide bonds. The Kier molecular flexibility index (Phi) is 5.08. The minimum absolute atomic E-state index is 0.355. The van der Waals surface area contributed by atoms with Gasteiger partial charge < -0.3 is 10.4 Å². The summed E-state index contributed by atoms with van der Waals surface area (Å²) >= 11 is 0. The lowest BCUT2D eigenvalue weighted by molar-refractivity contribution is 0.284. The van der Waals surface area contributed by atoms with Crippen molar-refractivity contribution < 1.29 is 5.11 Å². The number of hydrogen-bond donors (Lipinski definition) is 2. The fourth-order valence-electron chi connectivity index (χ4n) is 1.36. The summed E-state index contributed by atoms with van der Waals surface area (Å²) < 4.78 is 0. The second kappa shape index (κ2) is 6.44. The first-order valence-electron chi connectivity index (χ1n) is 5.30. The number of nitrogens with one attached hydrogen (secondary N) is 1. The van der Waals surface area contributed by atoms with Gasteiger partial charge in [-0.05, 0) is 24.1 Å². The lowest BCUT2D eigenvalue weighted by Crippen LogP contribution is -1.85. The summed E-state index contributed by atoms with van der Waals surface area (Å²) in [5, 5.41) is 11.4. The summed E-state index contributed by atoms with van der Waals surface area (Å²) in [7, 11) is 0. The molecule has 0 aliphatic carbocycles. The molecule has 1 aromatic rings. The molecule has 2 N–H and O–H groups in total. The van der Waals surface area contributed by atoms with Crippen LogP contribution in [0.4, 0.5) is 5.69 Å². The van der Waals surface area contributed by atoms with Crippen molar-refractivity contribution >= 4 is 5.69 Å². The number of benzene rings is 1. The van der Waals surface area contributed by atoms with Gasteiger partial charge in [-0.15, -0.1) is 0 Å². The summed E-state index contributed by atoms with van der Waals surface area (Å²) in [6, 6.07) is 8.45. The first-order valence-corrected chi connectivity index (χ1v) is 5.30. The quantitative estimate of drug-likeness (QED) is 0.723. The maximum atomic E-state index is 8.20. The Labute approximate surface area is 86.0 Å². The third kappa shape index (κ3) is 3.79. The molecule has 0 unspecified atom stereocenters. The largest absolute Gasteiger partial charge is 0.396 e. The molecule has 1 heterocycles. The number of anilines is 1. The van der Waals surface area contributed by atoms with E-state index in [1.54, 1.807) is 0 Å². The Morgan fingerprint density at radius 1 is 1.36 bits per heavy atom. The van der Waals surface area contributed by atoms with Crippen molar-refractivity contribution in [3.8, 4) is 0 Å². The molecule has 78 valence electrons. The zero-order chi connectivity index (χ0) is 10.2. The van der Waals surface area contributed by atoms with Crippen LogP contribution in [0.25, 0.3) is 0 Å². The van der Waals surface area contributed by atoms with Crippen LogP contribution in [-0.2, 0) is 6.54 Å². The van der Waals surface area contributed by atoms with Crippen LogP contribution in [0.3, 0.4) is 0 Å². The highest BCUT2D eigenvalue weighted by molar-refractivity contribution is 5.51. The monoisotopic (exact) mass is 193 g/mol. The van der Waals surface area contributed by atoms with Crippen molar-refractivity contribution in [3.05, 3.63) is 29.8 Å². The first kappa shape index (κ1) is 11.1. The van der Waals surface area contributed by atoms with Crippen LogP contribution in [0, 0.1) is 0 Å². The molecule has 0 atom stereocenters. The van der Waals surface area contributed by atoms with Gasteiger partial charge in [-0.3, -0.25) is 0 Å². The zero-order valence-electron chi connectivity index (χ0n) is 8.79. The Morgan fingerprint density at radius 3 is 2.71 bits per heavy atom. The molecule has 0 radical (unpaired) electrons. The summed E-state index contributed by atoms with van der Waals surface area (Å²) in [5.74, 6) is 0. The maximum Gasteiger partial charge on any atom is 0.0431 e. The van der Waals surface area contributed by atoms with Crippen molar-refractivity contribution in [1.82, 2.24) is 0 Å². The van der Waals surface area contributed by atoms with Gasteiger partial charge in [0.05, 0.1) is 0 Å². The third-order valence-corrected chi connectivity index (χ3v) is 2.19. The second-order valence-corrected chi connectivity index (χ2v) is 3.48. The summed E-state index contributed by atoms with van der Waals surface area (Å²) in [4.78, 5) is 0. The fraction of sp³-hybridized carbons (Fsp3) is 0.500. The molecule has 0 spiro atoms. The number of aliphatic hydroxyl groups is 1. The van der Waals surface area contributed by atoms with Crippen LogP contribution < -0.4 is 5.32 Å².